The van der Waals surface area contributed by atoms with Gasteiger partial charge < -0.3 is 0 Å². The molecule has 0 spiro atoms. The van der Waals surface area contributed by atoms with E-state index in [0.717, 1.165) is 11.9 Å². The minimum atomic E-state index is 0.699. The summed E-state index contributed by atoms with van der Waals surface area (Å²) in [7, 11) is 0. The van der Waals surface area contributed by atoms with E-state index in [-0.39, 0.29) is 0 Å². The molecule has 1 heterocycles. The Morgan fingerprint density at radius 1 is 1.00 bits per heavy atom. The summed E-state index contributed by atoms with van der Waals surface area (Å²) in [5, 5.41) is 0. The van der Waals surface area contributed by atoms with E-state index in [1.54, 1.807) is 0 Å². The van der Waals surface area contributed by atoms with Gasteiger partial charge in [-0.2, -0.15) is 0 Å². The highest BCUT2D eigenvalue weighted by molar-refractivity contribution is 6.18. The van der Waals surface area contributed by atoms with E-state index < -0.39 is 0 Å². The van der Waals surface area contributed by atoms with E-state index in [2.05, 4.69) is 4.90 Å². The minimum absolute atomic E-state index is 0.699. The standard InChI is InChI=1S/C11H20ClN/c12-9-11-7-4-8-13(11)10-5-2-1-3-6-10/h10-11H,1-9H2. The lowest BCUT2D eigenvalue weighted by Gasteiger charge is -2.34. The molecule has 2 heteroatoms. The summed E-state index contributed by atoms with van der Waals surface area (Å²) in [6.07, 6.45) is 9.89. The first kappa shape index (κ1) is 9.79. The molecule has 0 radical (unpaired) electrons. The van der Waals surface area contributed by atoms with Gasteiger partial charge in [0.05, 0.1) is 0 Å². The maximum absolute atomic E-state index is 5.98. The van der Waals surface area contributed by atoms with Gasteiger partial charge in [-0.15, -0.1) is 11.6 Å². The molecule has 2 aliphatic rings. The van der Waals surface area contributed by atoms with Crippen LogP contribution in [0.5, 0.6) is 0 Å². The average molecular weight is 202 g/mol. The number of nitrogens with zero attached hydrogens (tertiary/aromatic N) is 1. The second kappa shape index (κ2) is 4.65. The zero-order valence-electron chi connectivity index (χ0n) is 8.34. The van der Waals surface area contributed by atoms with Crippen molar-refractivity contribution in [3.8, 4) is 0 Å². The van der Waals surface area contributed by atoms with Gasteiger partial charge in [-0.25, -0.2) is 0 Å². The van der Waals surface area contributed by atoms with Gasteiger partial charge in [0.25, 0.3) is 0 Å². The Hall–Kier alpha value is 0.250. The molecule has 1 unspecified atom stereocenters. The summed E-state index contributed by atoms with van der Waals surface area (Å²) in [5.41, 5.74) is 0. The zero-order chi connectivity index (χ0) is 9.10. The molecule has 1 nitrogen and oxygen atoms in total. The van der Waals surface area contributed by atoms with E-state index in [9.17, 15) is 0 Å². The molecule has 0 aromatic carbocycles. The molecule has 2 fully saturated rings. The SMILES string of the molecule is ClCC1CCCN1C1CCCCC1. The predicted molar refractivity (Wildman–Crippen MR) is 57.3 cm³/mol. The number of rotatable bonds is 2. The van der Waals surface area contributed by atoms with Crippen LogP contribution in [0.1, 0.15) is 44.9 Å². The highest BCUT2D eigenvalue weighted by Crippen LogP contribution is 2.29. The van der Waals surface area contributed by atoms with E-state index in [4.69, 9.17) is 11.6 Å². The number of hydrogen-bond acceptors (Lipinski definition) is 1. The number of halogens is 1. The third-order valence-electron chi connectivity index (χ3n) is 3.64. The summed E-state index contributed by atoms with van der Waals surface area (Å²) < 4.78 is 0. The maximum atomic E-state index is 5.98. The lowest BCUT2D eigenvalue weighted by molar-refractivity contribution is 0.152. The van der Waals surface area contributed by atoms with Gasteiger partial charge in [0.15, 0.2) is 0 Å². The second-order valence-corrected chi connectivity index (χ2v) is 4.79. The molecule has 0 aromatic heterocycles. The van der Waals surface area contributed by atoms with Crippen molar-refractivity contribution in [2.24, 2.45) is 0 Å². The van der Waals surface area contributed by atoms with Crippen LogP contribution in [0.4, 0.5) is 0 Å². The molecule has 1 aliphatic carbocycles. The van der Waals surface area contributed by atoms with Crippen molar-refractivity contribution in [1.82, 2.24) is 4.90 Å². The molecule has 2 rings (SSSR count). The highest BCUT2D eigenvalue weighted by Gasteiger charge is 2.30. The van der Waals surface area contributed by atoms with Gasteiger partial charge in [0.1, 0.15) is 0 Å². The molecule has 0 N–H and O–H groups in total. The van der Waals surface area contributed by atoms with Gasteiger partial charge in [-0.3, -0.25) is 4.90 Å². The molecule has 1 saturated heterocycles. The number of hydrogen-bond donors (Lipinski definition) is 0. The fraction of sp³-hybridized carbons (Fsp3) is 1.00. The van der Waals surface area contributed by atoms with Crippen molar-refractivity contribution < 1.29 is 0 Å². The summed E-state index contributed by atoms with van der Waals surface area (Å²) in [4.78, 5) is 2.69. The molecule has 0 amide bonds. The highest BCUT2D eigenvalue weighted by atomic mass is 35.5. The topological polar surface area (TPSA) is 3.24 Å². The van der Waals surface area contributed by atoms with E-state index in [1.165, 1.54) is 51.5 Å². The first-order chi connectivity index (χ1) is 6.42. The molecule has 1 saturated carbocycles. The van der Waals surface area contributed by atoms with Crippen LogP contribution in [-0.4, -0.2) is 29.4 Å². The molecule has 0 aromatic rings. The van der Waals surface area contributed by atoms with Crippen LogP contribution in [0.2, 0.25) is 0 Å². The lowest BCUT2D eigenvalue weighted by atomic mass is 9.94. The van der Waals surface area contributed by atoms with Crippen LogP contribution in [0.15, 0.2) is 0 Å². The quantitative estimate of drug-likeness (QED) is 0.621. The Kier molecular flexibility index (Phi) is 3.51. The summed E-state index contributed by atoms with van der Waals surface area (Å²) in [6, 6.07) is 1.57. The summed E-state index contributed by atoms with van der Waals surface area (Å²) in [5.74, 6) is 0.844. The number of likely N-dealkylation sites (tertiary alicyclic amines) is 1. The van der Waals surface area contributed by atoms with Crippen LogP contribution in [0.25, 0.3) is 0 Å². The second-order valence-electron chi connectivity index (χ2n) is 4.48. The van der Waals surface area contributed by atoms with Crippen LogP contribution < -0.4 is 0 Å². The Bertz CT molecular complexity index is 154. The number of alkyl halides is 1. The van der Waals surface area contributed by atoms with E-state index >= 15 is 0 Å². The van der Waals surface area contributed by atoms with Crippen molar-refractivity contribution in [2.45, 2.75) is 57.0 Å². The van der Waals surface area contributed by atoms with E-state index in [1.807, 2.05) is 0 Å². The van der Waals surface area contributed by atoms with Crippen molar-refractivity contribution in [3.05, 3.63) is 0 Å². The molecule has 1 aliphatic heterocycles. The largest absolute Gasteiger partial charge is 0.296 e. The van der Waals surface area contributed by atoms with Gasteiger partial charge in [-0.1, -0.05) is 19.3 Å². The van der Waals surface area contributed by atoms with E-state index in [0.29, 0.717) is 6.04 Å². The monoisotopic (exact) mass is 201 g/mol. The Labute approximate surface area is 86.4 Å². The zero-order valence-corrected chi connectivity index (χ0v) is 9.10. The molecule has 1 atom stereocenters. The molecule has 0 bridgehead atoms. The van der Waals surface area contributed by atoms with Crippen LogP contribution >= 0.6 is 11.6 Å². The molecule has 13 heavy (non-hydrogen) atoms. The average Bonchev–Trinajstić information content (AvgIpc) is 2.67. The first-order valence-electron chi connectivity index (χ1n) is 5.73. The third kappa shape index (κ3) is 2.19. The van der Waals surface area contributed by atoms with Crippen molar-refractivity contribution in [2.75, 3.05) is 12.4 Å². The van der Waals surface area contributed by atoms with Gasteiger partial charge >= 0.3 is 0 Å². The van der Waals surface area contributed by atoms with Crippen molar-refractivity contribution >= 4 is 11.6 Å². The normalized spacial score (nSPS) is 32.5. The van der Waals surface area contributed by atoms with Gasteiger partial charge in [0, 0.05) is 18.0 Å². The molecular formula is C11H20ClN. The minimum Gasteiger partial charge on any atom is -0.296 e. The van der Waals surface area contributed by atoms with Crippen LogP contribution in [-0.2, 0) is 0 Å². The summed E-state index contributed by atoms with van der Waals surface area (Å²) >= 11 is 5.98. The molecule has 76 valence electrons. The lowest BCUT2D eigenvalue weighted by Crippen LogP contribution is -2.41. The summed E-state index contributed by atoms with van der Waals surface area (Å²) in [6.45, 7) is 1.31. The van der Waals surface area contributed by atoms with Crippen molar-refractivity contribution in [3.63, 3.8) is 0 Å². The molecular weight excluding hydrogens is 182 g/mol. The Morgan fingerprint density at radius 2 is 1.77 bits per heavy atom. The fourth-order valence-electron chi connectivity index (χ4n) is 2.92. The third-order valence-corrected chi connectivity index (χ3v) is 4.00. The predicted octanol–water partition coefficient (Wildman–Crippen LogP) is 3.02. The first-order valence-corrected chi connectivity index (χ1v) is 6.27. The fourth-order valence-corrected chi connectivity index (χ4v) is 3.25. The Balaban J connectivity index is 1.90. The van der Waals surface area contributed by atoms with Crippen LogP contribution in [0, 0.1) is 0 Å². The Morgan fingerprint density at radius 3 is 2.46 bits per heavy atom. The van der Waals surface area contributed by atoms with Crippen LogP contribution in [0.3, 0.4) is 0 Å². The maximum Gasteiger partial charge on any atom is 0.0379 e. The van der Waals surface area contributed by atoms with Crippen molar-refractivity contribution in [1.29, 1.82) is 0 Å². The van der Waals surface area contributed by atoms with Gasteiger partial charge in [-0.05, 0) is 32.2 Å². The smallest absolute Gasteiger partial charge is 0.0379 e. The van der Waals surface area contributed by atoms with Gasteiger partial charge in [0.2, 0.25) is 0 Å².